The average molecular weight is 198 g/mol. The summed E-state index contributed by atoms with van der Waals surface area (Å²) in [5.74, 6) is 0.516. The summed E-state index contributed by atoms with van der Waals surface area (Å²) in [7, 11) is 0. The van der Waals surface area contributed by atoms with Gasteiger partial charge in [0.2, 0.25) is 0 Å². The third kappa shape index (κ3) is 1.85. The molecule has 2 fully saturated rings. The maximum atomic E-state index is 11.2. The van der Waals surface area contributed by atoms with E-state index in [-0.39, 0.29) is 6.03 Å². The second-order valence-corrected chi connectivity index (χ2v) is 4.22. The maximum absolute atomic E-state index is 11.2. The van der Waals surface area contributed by atoms with E-state index in [1.165, 1.54) is 6.42 Å². The van der Waals surface area contributed by atoms with E-state index in [2.05, 4.69) is 0 Å². The lowest BCUT2D eigenvalue weighted by Crippen LogP contribution is -2.50. The molecule has 0 spiro atoms. The fourth-order valence-corrected chi connectivity index (χ4v) is 2.58. The molecule has 80 valence electrons. The number of primary amides is 1. The topological polar surface area (TPSA) is 55.6 Å². The predicted octanol–water partition coefficient (Wildman–Crippen LogP) is 0.956. The highest BCUT2D eigenvalue weighted by atomic mass is 16.5. The van der Waals surface area contributed by atoms with Gasteiger partial charge >= 0.3 is 6.03 Å². The van der Waals surface area contributed by atoms with Gasteiger partial charge in [-0.2, -0.15) is 0 Å². The van der Waals surface area contributed by atoms with Gasteiger partial charge in [-0.1, -0.05) is 0 Å². The molecule has 2 amide bonds. The first-order chi connectivity index (χ1) is 6.79. The zero-order chi connectivity index (χ0) is 9.97. The molecule has 14 heavy (non-hydrogen) atoms. The number of carbonyl (C=O) groups is 1. The van der Waals surface area contributed by atoms with Crippen molar-refractivity contribution in [2.24, 2.45) is 11.7 Å². The lowest BCUT2D eigenvalue weighted by Gasteiger charge is -2.37. The third-order valence-corrected chi connectivity index (χ3v) is 3.34. The first kappa shape index (κ1) is 9.77. The Bertz CT molecular complexity index is 214. The Hall–Kier alpha value is -0.770. The van der Waals surface area contributed by atoms with Crippen molar-refractivity contribution in [2.75, 3.05) is 19.8 Å². The zero-order valence-electron chi connectivity index (χ0n) is 8.45. The SMILES string of the molecule is NC(=O)N1CCCCC1C1CCOC1. The maximum Gasteiger partial charge on any atom is 0.315 e. The summed E-state index contributed by atoms with van der Waals surface area (Å²) in [6.07, 6.45) is 4.48. The smallest absolute Gasteiger partial charge is 0.315 e. The van der Waals surface area contributed by atoms with Gasteiger partial charge in [-0.15, -0.1) is 0 Å². The van der Waals surface area contributed by atoms with Gasteiger partial charge in [0.1, 0.15) is 0 Å². The number of nitrogens with two attached hydrogens (primary N) is 1. The quantitative estimate of drug-likeness (QED) is 0.682. The van der Waals surface area contributed by atoms with Crippen LogP contribution in [0.5, 0.6) is 0 Å². The van der Waals surface area contributed by atoms with Crippen LogP contribution in [-0.4, -0.2) is 36.7 Å². The first-order valence-corrected chi connectivity index (χ1v) is 5.43. The number of nitrogens with zero attached hydrogens (tertiary/aromatic N) is 1. The largest absolute Gasteiger partial charge is 0.381 e. The standard InChI is InChI=1S/C10H18N2O2/c11-10(13)12-5-2-1-3-9(12)8-4-6-14-7-8/h8-9H,1-7H2,(H2,11,13). The summed E-state index contributed by atoms with van der Waals surface area (Å²) in [6.45, 7) is 2.47. The number of likely N-dealkylation sites (tertiary alicyclic amines) is 1. The van der Waals surface area contributed by atoms with Crippen molar-refractivity contribution in [3.05, 3.63) is 0 Å². The van der Waals surface area contributed by atoms with Crippen LogP contribution in [0.3, 0.4) is 0 Å². The van der Waals surface area contributed by atoms with Crippen LogP contribution in [0, 0.1) is 5.92 Å². The molecule has 4 nitrogen and oxygen atoms in total. The van der Waals surface area contributed by atoms with Gasteiger partial charge in [0.25, 0.3) is 0 Å². The van der Waals surface area contributed by atoms with Gasteiger partial charge < -0.3 is 15.4 Å². The molecule has 2 rings (SSSR count). The Kier molecular flexibility index (Phi) is 2.91. The molecule has 2 heterocycles. The summed E-state index contributed by atoms with van der Waals surface area (Å²) >= 11 is 0. The Morgan fingerprint density at radius 1 is 1.36 bits per heavy atom. The van der Waals surface area contributed by atoms with Crippen molar-refractivity contribution >= 4 is 6.03 Å². The highest BCUT2D eigenvalue weighted by Crippen LogP contribution is 2.28. The Morgan fingerprint density at radius 2 is 2.21 bits per heavy atom. The molecule has 2 aliphatic heterocycles. The first-order valence-electron chi connectivity index (χ1n) is 5.43. The minimum atomic E-state index is -0.262. The summed E-state index contributed by atoms with van der Waals surface area (Å²) in [5, 5.41) is 0. The lowest BCUT2D eigenvalue weighted by atomic mass is 9.90. The number of ether oxygens (including phenoxy) is 1. The van der Waals surface area contributed by atoms with E-state index >= 15 is 0 Å². The summed E-state index contributed by atoms with van der Waals surface area (Å²) in [5.41, 5.74) is 5.37. The molecule has 2 atom stereocenters. The fourth-order valence-electron chi connectivity index (χ4n) is 2.58. The number of amides is 2. The van der Waals surface area contributed by atoms with Crippen LogP contribution < -0.4 is 5.73 Å². The molecule has 2 unspecified atom stereocenters. The molecule has 4 heteroatoms. The minimum absolute atomic E-state index is 0.262. The minimum Gasteiger partial charge on any atom is -0.381 e. The zero-order valence-corrected chi connectivity index (χ0v) is 8.45. The van der Waals surface area contributed by atoms with Crippen LogP contribution in [0.2, 0.25) is 0 Å². The van der Waals surface area contributed by atoms with E-state index in [4.69, 9.17) is 10.5 Å². The molecule has 0 aromatic heterocycles. The van der Waals surface area contributed by atoms with Crippen molar-refractivity contribution in [3.63, 3.8) is 0 Å². The van der Waals surface area contributed by atoms with E-state index in [1.54, 1.807) is 0 Å². The molecule has 2 saturated heterocycles. The van der Waals surface area contributed by atoms with Gasteiger partial charge in [0, 0.05) is 25.1 Å². The van der Waals surface area contributed by atoms with Crippen LogP contribution in [0.1, 0.15) is 25.7 Å². The van der Waals surface area contributed by atoms with Gasteiger partial charge in [0.05, 0.1) is 6.61 Å². The molecule has 0 aromatic rings. The van der Waals surface area contributed by atoms with Crippen LogP contribution in [-0.2, 0) is 4.74 Å². The van der Waals surface area contributed by atoms with E-state index in [9.17, 15) is 4.79 Å². The number of hydrogen-bond donors (Lipinski definition) is 1. The molecule has 2 N–H and O–H groups in total. The number of carbonyl (C=O) groups excluding carboxylic acids is 1. The predicted molar refractivity (Wildman–Crippen MR) is 52.9 cm³/mol. The molecule has 0 aromatic carbocycles. The van der Waals surface area contributed by atoms with Crippen molar-refractivity contribution < 1.29 is 9.53 Å². The summed E-state index contributed by atoms with van der Waals surface area (Å²) < 4.78 is 5.36. The van der Waals surface area contributed by atoms with Crippen LogP contribution in [0.4, 0.5) is 4.79 Å². The molecule has 0 saturated carbocycles. The van der Waals surface area contributed by atoms with Crippen LogP contribution in [0.15, 0.2) is 0 Å². The van der Waals surface area contributed by atoms with Crippen molar-refractivity contribution in [1.82, 2.24) is 4.90 Å². The van der Waals surface area contributed by atoms with E-state index < -0.39 is 0 Å². The molecular weight excluding hydrogens is 180 g/mol. The van der Waals surface area contributed by atoms with Gasteiger partial charge in [-0.3, -0.25) is 0 Å². The number of hydrogen-bond acceptors (Lipinski definition) is 2. The summed E-state index contributed by atoms with van der Waals surface area (Å²) in [4.78, 5) is 13.1. The van der Waals surface area contributed by atoms with Gasteiger partial charge in [0.15, 0.2) is 0 Å². The monoisotopic (exact) mass is 198 g/mol. The third-order valence-electron chi connectivity index (χ3n) is 3.34. The molecule has 0 bridgehead atoms. The van der Waals surface area contributed by atoms with Gasteiger partial charge in [-0.25, -0.2) is 4.79 Å². The second kappa shape index (κ2) is 4.17. The molecule has 2 aliphatic rings. The number of rotatable bonds is 1. The van der Waals surface area contributed by atoms with Crippen molar-refractivity contribution in [2.45, 2.75) is 31.7 Å². The van der Waals surface area contributed by atoms with Gasteiger partial charge in [-0.05, 0) is 25.7 Å². The molecule has 0 aliphatic carbocycles. The van der Waals surface area contributed by atoms with E-state index in [0.29, 0.717) is 12.0 Å². The number of piperidine rings is 1. The average Bonchev–Trinajstić information content (AvgIpc) is 2.70. The molecular formula is C10H18N2O2. The lowest BCUT2D eigenvalue weighted by molar-refractivity contribution is 0.110. The molecule has 0 radical (unpaired) electrons. The van der Waals surface area contributed by atoms with Crippen molar-refractivity contribution in [3.8, 4) is 0 Å². The van der Waals surface area contributed by atoms with E-state index in [0.717, 1.165) is 39.0 Å². The van der Waals surface area contributed by atoms with Crippen molar-refractivity contribution in [1.29, 1.82) is 0 Å². The Morgan fingerprint density at radius 3 is 2.86 bits per heavy atom. The fraction of sp³-hybridized carbons (Fsp3) is 0.900. The van der Waals surface area contributed by atoms with E-state index in [1.807, 2.05) is 4.90 Å². The Labute approximate surface area is 84.4 Å². The number of urea groups is 1. The highest BCUT2D eigenvalue weighted by molar-refractivity contribution is 5.72. The van der Waals surface area contributed by atoms with Crippen LogP contribution in [0.25, 0.3) is 0 Å². The second-order valence-electron chi connectivity index (χ2n) is 4.22. The normalized spacial score (nSPS) is 33.3. The van der Waals surface area contributed by atoms with Crippen LogP contribution >= 0.6 is 0 Å². The Balaban J connectivity index is 2.01. The highest BCUT2D eigenvalue weighted by Gasteiger charge is 2.33. The summed E-state index contributed by atoms with van der Waals surface area (Å²) in [6, 6.07) is 0.0744.